The number of furan rings is 1. The Bertz CT molecular complexity index is 1100. The first-order valence-corrected chi connectivity index (χ1v) is 8.58. The van der Waals surface area contributed by atoms with E-state index in [0.717, 1.165) is 18.2 Å². The lowest BCUT2D eigenvalue weighted by atomic mass is 10.1. The third-order valence-electron chi connectivity index (χ3n) is 4.03. The SMILES string of the molecule is COC(=O)c1ccccc1-c1ccc(/C=N/NC(=O)c2cccc(C(F)(F)F)c2)o1. The van der Waals surface area contributed by atoms with E-state index in [0.29, 0.717) is 16.9 Å². The predicted molar refractivity (Wildman–Crippen MR) is 102 cm³/mol. The van der Waals surface area contributed by atoms with Crippen LogP contribution in [0.1, 0.15) is 32.0 Å². The summed E-state index contributed by atoms with van der Waals surface area (Å²) < 4.78 is 48.6. The van der Waals surface area contributed by atoms with Crippen LogP contribution in [-0.2, 0) is 10.9 Å². The molecule has 1 N–H and O–H groups in total. The van der Waals surface area contributed by atoms with Gasteiger partial charge in [-0.05, 0) is 36.4 Å². The normalized spacial score (nSPS) is 11.5. The maximum atomic E-state index is 12.7. The van der Waals surface area contributed by atoms with Gasteiger partial charge in [0.05, 0.1) is 24.5 Å². The Morgan fingerprint density at radius 2 is 1.83 bits per heavy atom. The van der Waals surface area contributed by atoms with Crippen molar-refractivity contribution in [1.82, 2.24) is 5.43 Å². The maximum absolute atomic E-state index is 12.7. The smallest absolute Gasteiger partial charge is 0.416 e. The van der Waals surface area contributed by atoms with Crippen molar-refractivity contribution in [2.24, 2.45) is 5.10 Å². The van der Waals surface area contributed by atoms with Crippen molar-refractivity contribution in [1.29, 1.82) is 0 Å². The van der Waals surface area contributed by atoms with Crippen LogP contribution in [0.4, 0.5) is 13.2 Å². The molecular weight excluding hydrogens is 401 g/mol. The number of carbonyl (C=O) groups excluding carboxylic acids is 2. The second kappa shape index (κ2) is 8.64. The van der Waals surface area contributed by atoms with Crippen molar-refractivity contribution in [3.05, 3.63) is 83.1 Å². The van der Waals surface area contributed by atoms with Gasteiger partial charge < -0.3 is 9.15 Å². The zero-order chi connectivity index (χ0) is 21.7. The number of hydrogen-bond acceptors (Lipinski definition) is 5. The van der Waals surface area contributed by atoms with Gasteiger partial charge in [0.1, 0.15) is 11.5 Å². The van der Waals surface area contributed by atoms with E-state index in [1.807, 2.05) is 0 Å². The van der Waals surface area contributed by atoms with Gasteiger partial charge in [-0.3, -0.25) is 4.79 Å². The number of ether oxygens (including phenoxy) is 1. The maximum Gasteiger partial charge on any atom is 0.416 e. The fraction of sp³-hybridized carbons (Fsp3) is 0.0952. The average molecular weight is 416 g/mol. The lowest BCUT2D eigenvalue weighted by molar-refractivity contribution is -0.137. The topological polar surface area (TPSA) is 80.9 Å². The van der Waals surface area contributed by atoms with Crippen LogP contribution in [0.15, 0.2) is 70.2 Å². The Morgan fingerprint density at radius 1 is 1.07 bits per heavy atom. The highest BCUT2D eigenvalue weighted by Gasteiger charge is 2.30. The van der Waals surface area contributed by atoms with Crippen LogP contribution in [0.5, 0.6) is 0 Å². The first-order valence-electron chi connectivity index (χ1n) is 8.58. The molecule has 0 aliphatic heterocycles. The zero-order valence-corrected chi connectivity index (χ0v) is 15.6. The molecule has 0 aliphatic carbocycles. The van der Waals surface area contributed by atoms with Crippen molar-refractivity contribution in [2.75, 3.05) is 7.11 Å². The van der Waals surface area contributed by atoms with E-state index < -0.39 is 23.6 Å². The molecule has 0 spiro atoms. The summed E-state index contributed by atoms with van der Waals surface area (Å²) in [4.78, 5) is 23.9. The molecular formula is C21H15F3N2O4. The van der Waals surface area contributed by atoms with E-state index in [4.69, 9.17) is 9.15 Å². The molecule has 2 aromatic carbocycles. The molecule has 154 valence electrons. The molecule has 30 heavy (non-hydrogen) atoms. The van der Waals surface area contributed by atoms with Gasteiger partial charge in [0.2, 0.25) is 0 Å². The van der Waals surface area contributed by atoms with E-state index >= 15 is 0 Å². The predicted octanol–water partition coefficient (Wildman–Crippen LogP) is 4.52. The molecule has 3 aromatic rings. The summed E-state index contributed by atoms with van der Waals surface area (Å²) in [5, 5.41) is 3.70. The van der Waals surface area contributed by atoms with E-state index in [1.165, 1.54) is 19.4 Å². The number of nitrogens with zero attached hydrogens (tertiary/aromatic N) is 1. The number of amides is 1. The molecule has 9 heteroatoms. The summed E-state index contributed by atoms with van der Waals surface area (Å²) in [6.07, 6.45) is -3.36. The van der Waals surface area contributed by atoms with E-state index in [9.17, 15) is 22.8 Å². The largest absolute Gasteiger partial charge is 0.465 e. The molecule has 0 saturated heterocycles. The minimum atomic E-state index is -4.55. The van der Waals surface area contributed by atoms with Gasteiger partial charge in [0.25, 0.3) is 5.91 Å². The van der Waals surface area contributed by atoms with Crippen molar-refractivity contribution in [3.63, 3.8) is 0 Å². The van der Waals surface area contributed by atoms with Crippen molar-refractivity contribution < 1.29 is 31.9 Å². The number of carbonyl (C=O) groups is 2. The first kappa shape index (κ1) is 20.8. The average Bonchev–Trinajstić information content (AvgIpc) is 3.21. The zero-order valence-electron chi connectivity index (χ0n) is 15.6. The number of rotatable bonds is 5. The lowest BCUT2D eigenvalue weighted by Crippen LogP contribution is -2.18. The number of hydrogen-bond donors (Lipinski definition) is 1. The van der Waals surface area contributed by atoms with E-state index in [-0.39, 0.29) is 11.3 Å². The number of methoxy groups -OCH3 is 1. The highest BCUT2D eigenvalue weighted by molar-refractivity contribution is 5.97. The van der Waals surface area contributed by atoms with Gasteiger partial charge in [-0.2, -0.15) is 18.3 Å². The van der Waals surface area contributed by atoms with Gasteiger partial charge in [0, 0.05) is 11.1 Å². The monoisotopic (exact) mass is 416 g/mol. The molecule has 1 amide bonds. The van der Waals surface area contributed by atoms with Crippen LogP contribution in [0, 0.1) is 0 Å². The number of benzene rings is 2. The Hall–Kier alpha value is -3.88. The summed E-state index contributed by atoms with van der Waals surface area (Å²) in [6.45, 7) is 0. The van der Waals surface area contributed by atoms with E-state index in [2.05, 4.69) is 10.5 Å². The van der Waals surface area contributed by atoms with Gasteiger partial charge in [-0.15, -0.1) is 0 Å². The summed E-state index contributed by atoms with van der Waals surface area (Å²) in [7, 11) is 1.27. The fourth-order valence-electron chi connectivity index (χ4n) is 2.61. The van der Waals surface area contributed by atoms with Gasteiger partial charge in [-0.25, -0.2) is 10.2 Å². The highest BCUT2D eigenvalue weighted by Crippen LogP contribution is 2.29. The van der Waals surface area contributed by atoms with Crippen LogP contribution in [0.3, 0.4) is 0 Å². The Labute approximate surface area is 169 Å². The Morgan fingerprint density at radius 3 is 2.57 bits per heavy atom. The minimum Gasteiger partial charge on any atom is -0.465 e. The van der Waals surface area contributed by atoms with E-state index in [1.54, 1.807) is 36.4 Å². The third kappa shape index (κ3) is 4.75. The summed E-state index contributed by atoms with van der Waals surface area (Å²) in [6, 6.07) is 13.8. The lowest BCUT2D eigenvalue weighted by Gasteiger charge is -2.07. The molecule has 0 fully saturated rings. The fourth-order valence-corrected chi connectivity index (χ4v) is 2.61. The molecule has 1 aromatic heterocycles. The quantitative estimate of drug-likeness (QED) is 0.377. The minimum absolute atomic E-state index is 0.186. The summed E-state index contributed by atoms with van der Waals surface area (Å²) in [5.41, 5.74) is 1.85. The van der Waals surface area contributed by atoms with Crippen molar-refractivity contribution in [3.8, 4) is 11.3 Å². The summed E-state index contributed by atoms with van der Waals surface area (Å²) in [5.74, 6) is -0.693. The molecule has 6 nitrogen and oxygen atoms in total. The molecule has 1 heterocycles. The van der Waals surface area contributed by atoms with Crippen molar-refractivity contribution >= 4 is 18.1 Å². The number of nitrogens with one attached hydrogen (secondary N) is 1. The van der Waals surface area contributed by atoms with Crippen LogP contribution >= 0.6 is 0 Å². The van der Waals surface area contributed by atoms with Crippen LogP contribution in [0.25, 0.3) is 11.3 Å². The molecule has 0 bridgehead atoms. The Kier molecular flexibility index (Phi) is 6.01. The molecule has 0 saturated carbocycles. The van der Waals surface area contributed by atoms with Gasteiger partial charge in [0.15, 0.2) is 0 Å². The molecule has 0 unspecified atom stereocenters. The number of hydrazone groups is 1. The van der Waals surface area contributed by atoms with Gasteiger partial charge in [-0.1, -0.05) is 24.3 Å². The standard InChI is InChI=1S/C21H15F3N2O4/c1-29-20(28)17-8-3-2-7-16(17)18-10-9-15(30-18)12-25-26-19(27)13-5-4-6-14(11-13)21(22,23)24/h2-12H,1H3,(H,26,27)/b25-12+. The second-order valence-corrected chi connectivity index (χ2v) is 6.02. The Balaban J connectivity index is 1.72. The second-order valence-electron chi connectivity index (χ2n) is 6.02. The first-order chi connectivity index (χ1) is 14.3. The highest BCUT2D eigenvalue weighted by atomic mass is 19.4. The third-order valence-corrected chi connectivity index (χ3v) is 4.03. The molecule has 0 atom stereocenters. The van der Waals surface area contributed by atoms with Crippen molar-refractivity contribution in [2.45, 2.75) is 6.18 Å². The number of halogens is 3. The van der Waals surface area contributed by atoms with Crippen LogP contribution in [-0.4, -0.2) is 25.2 Å². The molecule has 3 rings (SSSR count). The number of esters is 1. The molecule has 0 radical (unpaired) electrons. The van der Waals surface area contributed by atoms with Crippen LogP contribution < -0.4 is 5.43 Å². The van der Waals surface area contributed by atoms with Crippen LogP contribution in [0.2, 0.25) is 0 Å². The van der Waals surface area contributed by atoms with Gasteiger partial charge >= 0.3 is 12.1 Å². The molecule has 0 aliphatic rings. The number of alkyl halides is 3. The summed E-state index contributed by atoms with van der Waals surface area (Å²) >= 11 is 0.